The summed E-state index contributed by atoms with van der Waals surface area (Å²) < 4.78 is 1.68. The molecular formula is C10H19N5O. The maximum Gasteiger partial charge on any atom is 0.237 e. The molecule has 0 aliphatic heterocycles. The van der Waals surface area contributed by atoms with Crippen molar-refractivity contribution in [1.82, 2.24) is 20.1 Å². The molecule has 0 aromatic carbocycles. The zero-order valence-electron chi connectivity index (χ0n) is 9.97. The number of rotatable bonds is 6. The maximum atomic E-state index is 11.4. The zero-order valence-corrected chi connectivity index (χ0v) is 9.97. The highest BCUT2D eigenvalue weighted by Crippen LogP contribution is 2.11. The van der Waals surface area contributed by atoms with Crippen LogP contribution < -0.4 is 11.1 Å². The van der Waals surface area contributed by atoms with Crippen molar-refractivity contribution in [2.24, 2.45) is 5.73 Å². The van der Waals surface area contributed by atoms with Crippen LogP contribution in [0.2, 0.25) is 0 Å². The molecule has 0 aliphatic carbocycles. The van der Waals surface area contributed by atoms with E-state index in [0.29, 0.717) is 13.0 Å². The third-order valence-electron chi connectivity index (χ3n) is 2.46. The molecule has 0 aliphatic rings. The fraction of sp³-hybridized carbons (Fsp3) is 0.700. The van der Waals surface area contributed by atoms with Crippen LogP contribution in [0.5, 0.6) is 0 Å². The lowest BCUT2D eigenvalue weighted by molar-refractivity contribution is -0.124. The second kappa shape index (κ2) is 5.07. The molecule has 0 radical (unpaired) electrons. The first kappa shape index (κ1) is 12.6. The zero-order chi connectivity index (χ0) is 12.2. The maximum absolute atomic E-state index is 11.4. The predicted octanol–water partition coefficient (Wildman–Crippen LogP) is -0.0898. The van der Waals surface area contributed by atoms with Crippen LogP contribution in [0.1, 0.15) is 27.2 Å². The molecule has 16 heavy (non-hydrogen) atoms. The Kier molecular flexibility index (Phi) is 4.00. The Labute approximate surface area is 95.2 Å². The van der Waals surface area contributed by atoms with Crippen molar-refractivity contribution in [1.29, 1.82) is 0 Å². The van der Waals surface area contributed by atoms with Gasteiger partial charge in [-0.3, -0.25) is 9.48 Å². The summed E-state index contributed by atoms with van der Waals surface area (Å²) in [5, 5.41) is 7.17. The lowest BCUT2D eigenvalue weighted by Gasteiger charge is -2.29. The minimum absolute atomic E-state index is 0.202. The number of carbonyl (C=O) groups excluding carboxylic acids is 1. The van der Waals surface area contributed by atoms with Crippen molar-refractivity contribution in [3.8, 4) is 0 Å². The lowest BCUT2D eigenvalue weighted by atomic mass is 9.96. The van der Waals surface area contributed by atoms with Crippen LogP contribution in [0.25, 0.3) is 0 Å². The summed E-state index contributed by atoms with van der Waals surface area (Å²) in [6, 6.07) is 0.202. The van der Waals surface area contributed by atoms with Crippen molar-refractivity contribution in [2.75, 3.05) is 0 Å². The summed E-state index contributed by atoms with van der Waals surface area (Å²) in [5.74, 6) is -0.346. The molecule has 0 spiro atoms. The SMILES string of the molecule is CC(C)NC(C)(CCn1cncn1)C(N)=O. The number of amides is 1. The lowest BCUT2D eigenvalue weighted by Crippen LogP contribution is -2.55. The number of nitrogens with two attached hydrogens (primary N) is 1. The van der Waals surface area contributed by atoms with E-state index in [2.05, 4.69) is 15.4 Å². The first-order valence-corrected chi connectivity index (χ1v) is 5.34. The Hall–Kier alpha value is -1.43. The highest BCUT2D eigenvalue weighted by atomic mass is 16.1. The van der Waals surface area contributed by atoms with Gasteiger partial charge in [-0.05, 0) is 27.2 Å². The van der Waals surface area contributed by atoms with E-state index in [-0.39, 0.29) is 11.9 Å². The van der Waals surface area contributed by atoms with E-state index in [1.807, 2.05) is 20.8 Å². The molecule has 1 rings (SSSR count). The Balaban J connectivity index is 2.61. The second-order valence-electron chi connectivity index (χ2n) is 4.40. The van der Waals surface area contributed by atoms with Crippen molar-refractivity contribution >= 4 is 5.91 Å². The van der Waals surface area contributed by atoms with Crippen molar-refractivity contribution in [3.63, 3.8) is 0 Å². The molecular weight excluding hydrogens is 206 g/mol. The van der Waals surface area contributed by atoms with Gasteiger partial charge in [-0.1, -0.05) is 0 Å². The number of hydrogen-bond acceptors (Lipinski definition) is 4. The number of carbonyl (C=O) groups is 1. The van der Waals surface area contributed by atoms with Crippen LogP contribution in [0.4, 0.5) is 0 Å². The molecule has 3 N–H and O–H groups in total. The molecule has 0 fully saturated rings. The van der Waals surface area contributed by atoms with Gasteiger partial charge in [0, 0.05) is 12.6 Å². The number of nitrogens with zero attached hydrogens (tertiary/aromatic N) is 3. The van der Waals surface area contributed by atoms with E-state index < -0.39 is 5.54 Å². The van der Waals surface area contributed by atoms with Crippen LogP contribution >= 0.6 is 0 Å². The number of hydrogen-bond donors (Lipinski definition) is 2. The molecule has 6 nitrogen and oxygen atoms in total. The smallest absolute Gasteiger partial charge is 0.237 e. The van der Waals surface area contributed by atoms with Crippen molar-refractivity contribution in [2.45, 2.75) is 45.3 Å². The van der Waals surface area contributed by atoms with Crippen molar-refractivity contribution < 1.29 is 4.79 Å². The Morgan fingerprint density at radius 2 is 2.31 bits per heavy atom. The van der Waals surface area contributed by atoms with E-state index in [4.69, 9.17) is 5.73 Å². The van der Waals surface area contributed by atoms with Gasteiger partial charge in [-0.25, -0.2) is 4.98 Å². The quantitative estimate of drug-likeness (QED) is 0.708. The van der Waals surface area contributed by atoms with E-state index in [9.17, 15) is 4.79 Å². The monoisotopic (exact) mass is 225 g/mol. The van der Waals surface area contributed by atoms with Gasteiger partial charge in [0.2, 0.25) is 5.91 Å². The number of primary amides is 1. The van der Waals surface area contributed by atoms with E-state index >= 15 is 0 Å². The summed E-state index contributed by atoms with van der Waals surface area (Å²) in [5.41, 5.74) is 4.70. The summed E-state index contributed by atoms with van der Waals surface area (Å²) in [6.45, 7) is 6.39. The van der Waals surface area contributed by atoms with Crippen LogP contribution in [-0.4, -0.2) is 32.3 Å². The normalized spacial score (nSPS) is 15.0. The first-order chi connectivity index (χ1) is 7.44. The number of aromatic nitrogens is 3. The molecule has 1 aromatic rings. The highest BCUT2D eigenvalue weighted by molar-refractivity contribution is 5.84. The van der Waals surface area contributed by atoms with Gasteiger partial charge in [0.1, 0.15) is 12.7 Å². The molecule has 1 aromatic heterocycles. The van der Waals surface area contributed by atoms with Gasteiger partial charge in [0.25, 0.3) is 0 Å². The van der Waals surface area contributed by atoms with Gasteiger partial charge in [-0.2, -0.15) is 5.10 Å². The standard InChI is InChI=1S/C10H19N5O/c1-8(2)14-10(3,9(11)16)4-5-15-7-12-6-13-15/h6-8,14H,4-5H2,1-3H3,(H2,11,16). The molecule has 0 saturated heterocycles. The Bertz CT molecular complexity index is 335. The van der Waals surface area contributed by atoms with Gasteiger partial charge in [0.15, 0.2) is 0 Å². The fourth-order valence-corrected chi connectivity index (χ4v) is 1.59. The fourth-order valence-electron chi connectivity index (χ4n) is 1.59. The average Bonchev–Trinajstić information content (AvgIpc) is 2.65. The molecule has 1 atom stereocenters. The first-order valence-electron chi connectivity index (χ1n) is 5.34. The predicted molar refractivity (Wildman–Crippen MR) is 60.5 cm³/mol. The van der Waals surface area contributed by atoms with Crippen LogP contribution in [0.3, 0.4) is 0 Å². The third-order valence-corrected chi connectivity index (χ3v) is 2.46. The molecule has 0 saturated carbocycles. The Morgan fingerprint density at radius 1 is 1.62 bits per heavy atom. The average molecular weight is 225 g/mol. The largest absolute Gasteiger partial charge is 0.368 e. The third kappa shape index (κ3) is 3.30. The van der Waals surface area contributed by atoms with Crippen LogP contribution in [0, 0.1) is 0 Å². The summed E-state index contributed by atoms with van der Waals surface area (Å²) >= 11 is 0. The van der Waals surface area contributed by atoms with Gasteiger partial charge < -0.3 is 11.1 Å². The molecule has 1 unspecified atom stereocenters. The number of nitrogens with one attached hydrogen (secondary N) is 1. The summed E-state index contributed by atoms with van der Waals surface area (Å²) in [7, 11) is 0. The topological polar surface area (TPSA) is 85.8 Å². The summed E-state index contributed by atoms with van der Waals surface area (Å²) in [4.78, 5) is 15.3. The molecule has 6 heteroatoms. The van der Waals surface area contributed by atoms with E-state index in [1.54, 1.807) is 11.0 Å². The Morgan fingerprint density at radius 3 is 2.75 bits per heavy atom. The molecule has 90 valence electrons. The van der Waals surface area contributed by atoms with E-state index in [1.165, 1.54) is 6.33 Å². The number of aryl methyl sites for hydroxylation is 1. The molecule has 1 heterocycles. The van der Waals surface area contributed by atoms with Gasteiger partial charge in [-0.15, -0.1) is 0 Å². The second-order valence-corrected chi connectivity index (χ2v) is 4.40. The van der Waals surface area contributed by atoms with Crippen LogP contribution in [0.15, 0.2) is 12.7 Å². The van der Waals surface area contributed by atoms with Gasteiger partial charge >= 0.3 is 0 Å². The van der Waals surface area contributed by atoms with Crippen LogP contribution in [-0.2, 0) is 11.3 Å². The highest BCUT2D eigenvalue weighted by Gasteiger charge is 2.31. The molecule has 0 bridgehead atoms. The minimum Gasteiger partial charge on any atom is -0.368 e. The van der Waals surface area contributed by atoms with E-state index in [0.717, 1.165) is 0 Å². The minimum atomic E-state index is -0.708. The van der Waals surface area contributed by atoms with Crippen molar-refractivity contribution in [3.05, 3.63) is 12.7 Å². The van der Waals surface area contributed by atoms with Gasteiger partial charge in [0.05, 0.1) is 5.54 Å². The summed E-state index contributed by atoms with van der Waals surface area (Å²) in [6.07, 6.45) is 3.68. The molecule has 1 amide bonds.